The fourth-order valence-electron chi connectivity index (χ4n) is 2.72. The van der Waals surface area contributed by atoms with Gasteiger partial charge in [-0.2, -0.15) is 5.26 Å². The summed E-state index contributed by atoms with van der Waals surface area (Å²) in [6.45, 7) is 0.101. The average Bonchev–Trinajstić information content (AvgIpc) is 2.99. The number of nitriles is 1. The maximum atomic E-state index is 13.9. The molecule has 3 rings (SSSR count). The zero-order chi connectivity index (χ0) is 18.0. The Hall–Kier alpha value is -2.91. The van der Waals surface area contributed by atoms with Gasteiger partial charge in [0.25, 0.3) is 0 Å². The maximum absolute atomic E-state index is 13.9. The summed E-state index contributed by atoms with van der Waals surface area (Å²) in [7, 11) is 0. The molecule has 1 atom stereocenters. The zero-order valence-corrected chi connectivity index (χ0v) is 13.8. The third-order valence-corrected chi connectivity index (χ3v) is 4.32. The van der Waals surface area contributed by atoms with Crippen molar-refractivity contribution in [3.63, 3.8) is 0 Å². The molecule has 2 amide bonds. The normalized spacial score (nSPS) is 16.6. The Balaban J connectivity index is 1.73. The minimum Gasteiger partial charge on any atom is -0.326 e. The number of amides is 2. The van der Waals surface area contributed by atoms with Gasteiger partial charge in [-0.25, -0.2) is 4.39 Å². The summed E-state index contributed by atoms with van der Waals surface area (Å²) in [6.07, 6.45) is -0.00113. The maximum Gasteiger partial charge on any atom is 0.229 e. The van der Waals surface area contributed by atoms with Gasteiger partial charge < -0.3 is 10.2 Å². The van der Waals surface area contributed by atoms with Crippen LogP contribution in [0.4, 0.5) is 15.8 Å². The van der Waals surface area contributed by atoms with E-state index in [2.05, 4.69) is 5.32 Å². The molecule has 0 aliphatic carbocycles. The van der Waals surface area contributed by atoms with Crippen molar-refractivity contribution < 1.29 is 14.0 Å². The van der Waals surface area contributed by atoms with Gasteiger partial charge >= 0.3 is 0 Å². The summed E-state index contributed by atoms with van der Waals surface area (Å²) < 4.78 is 13.9. The van der Waals surface area contributed by atoms with Crippen LogP contribution in [0.25, 0.3) is 0 Å². The lowest BCUT2D eigenvalue weighted by molar-refractivity contribution is -0.122. The number of rotatable bonds is 3. The summed E-state index contributed by atoms with van der Waals surface area (Å²) >= 11 is 5.86. The van der Waals surface area contributed by atoms with E-state index < -0.39 is 11.7 Å². The van der Waals surface area contributed by atoms with Gasteiger partial charge in [0.15, 0.2) is 0 Å². The molecule has 1 N–H and O–H groups in total. The monoisotopic (exact) mass is 357 g/mol. The number of hydrogen-bond acceptors (Lipinski definition) is 3. The second-order valence-corrected chi connectivity index (χ2v) is 6.06. The molecular formula is C18H13ClFN3O2. The van der Waals surface area contributed by atoms with E-state index in [9.17, 15) is 14.0 Å². The highest BCUT2D eigenvalue weighted by Crippen LogP contribution is 2.28. The Kier molecular flexibility index (Phi) is 4.68. The molecule has 5 nitrogen and oxygen atoms in total. The quantitative estimate of drug-likeness (QED) is 0.915. The minimum absolute atomic E-state index is 0.00113. The van der Waals surface area contributed by atoms with Gasteiger partial charge in [-0.3, -0.25) is 9.59 Å². The first kappa shape index (κ1) is 16.9. The Morgan fingerprint density at radius 3 is 2.80 bits per heavy atom. The standard InChI is InChI=1S/C18H13ClFN3O2/c19-14-6-5-13(7-11(14)9-21)22-18(25)12-8-17(24)23(10-12)16-4-2-1-3-15(16)20/h1-7,12H,8,10H2,(H,22,25). The smallest absolute Gasteiger partial charge is 0.229 e. The number of anilines is 2. The predicted molar refractivity (Wildman–Crippen MR) is 91.7 cm³/mol. The van der Waals surface area contributed by atoms with Crippen molar-refractivity contribution in [2.75, 3.05) is 16.8 Å². The number of benzene rings is 2. The van der Waals surface area contributed by atoms with E-state index in [1.807, 2.05) is 6.07 Å². The largest absolute Gasteiger partial charge is 0.326 e. The van der Waals surface area contributed by atoms with E-state index in [0.29, 0.717) is 10.7 Å². The van der Waals surface area contributed by atoms with Gasteiger partial charge in [0.05, 0.1) is 22.2 Å². The van der Waals surface area contributed by atoms with Crippen molar-refractivity contribution in [1.29, 1.82) is 5.26 Å². The molecule has 1 heterocycles. The first-order chi connectivity index (χ1) is 12.0. The van der Waals surface area contributed by atoms with Crippen LogP contribution >= 0.6 is 11.6 Å². The van der Waals surface area contributed by atoms with E-state index in [4.69, 9.17) is 16.9 Å². The fourth-order valence-corrected chi connectivity index (χ4v) is 2.88. The molecule has 0 spiro atoms. The van der Waals surface area contributed by atoms with Crippen molar-refractivity contribution in [2.45, 2.75) is 6.42 Å². The summed E-state index contributed by atoms with van der Waals surface area (Å²) in [5, 5.41) is 11.9. The van der Waals surface area contributed by atoms with E-state index in [1.54, 1.807) is 12.1 Å². The number of carbonyl (C=O) groups excluding carboxylic acids is 2. The Morgan fingerprint density at radius 1 is 1.32 bits per heavy atom. The van der Waals surface area contributed by atoms with Crippen molar-refractivity contribution in [3.05, 3.63) is 58.9 Å². The zero-order valence-electron chi connectivity index (χ0n) is 13.0. The number of para-hydroxylation sites is 1. The highest BCUT2D eigenvalue weighted by atomic mass is 35.5. The van der Waals surface area contributed by atoms with E-state index in [1.165, 1.54) is 35.2 Å². The van der Waals surface area contributed by atoms with Crippen LogP contribution in [0, 0.1) is 23.1 Å². The molecule has 1 aliphatic rings. The Labute approximate surface area is 148 Å². The van der Waals surface area contributed by atoms with Gasteiger partial charge in [-0.1, -0.05) is 23.7 Å². The molecule has 2 aromatic rings. The molecule has 1 aliphatic heterocycles. The first-order valence-electron chi connectivity index (χ1n) is 7.55. The van der Waals surface area contributed by atoms with Crippen LogP contribution in [-0.2, 0) is 9.59 Å². The molecule has 1 fully saturated rings. The number of nitrogens with one attached hydrogen (secondary N) is 1. The molecule has 1 saturated heterocycles. The lowest BCUT2D eigenvalue weighted by Gasteiger charge is -2.17. The lowest BCUT2D eigenvalue weighted by Crippen LogP contribution is -2.28. The van der Waals surface area contributed by atoms with Crippen molar-refractivity contribution in [1.82, 2.24) is 0 Å². The van der Waals surface area contributed by atoms with Crippen LogP contribution in [-0.4, -0.2) is 18.4 Å². The second-order valence-electron chi connectivity index (χ2n) is 5.65. The molecule has 0 radical (unpaired) electrons. The molecule has 0 bridgehead atoms. The van der Waals surface area contributed by atoms with Gasteiger partial charge in [0.1, 0.15) is 11.9 Å². The molecular weight excluding hydrogens is 345 g/mol. The summed E-state index contributed by atoms with van der Waals surface area (Å²) in [6, 6.07) is 12.4. The lowest BCUT2D eigenvalue weighted by atomic mass is 10.1. The van der Waals surface area contributed by atoms with E-state index in [-0.39, 0.29) is 36.0 Å². The molecule has 7 heteroatoms. The minimum atomic E-state index is -0.603. The number of halogens is 2. The van der Waals surface area contributed by atoms with Crippen LogP contribution in [0.15, 0.2) is 42.5 Å². The Bertz CT molecular complexity index is 894. The molecule has 1 unspecified atom stereocenters. The summed E-state index contributed by atoms with van der Waals surface area (Å²) in [5.74, 6) is -1.78. The van der Waals surface area contributed by atoms with E-state index >= 15 is 0 Å². The van der Waals surface area contributed by atoms with Gasteiger partial charge in [-0.15, -0.1) is 0 Å². The van der Waals surface area contributed by atoms with Crippen LogP contribution < -0.4 is 10.2 Å². The highest BCUT2D eigenvalue weighted by molar-refractivity contribution is 6.31. The molecule has 126 valence electrons. The van der Waals surface area contributed by atoms with Crippen LogP contribution in [0.5, 0.6) is 0 Å². The van der Waals surface area contributed by atoms with Crippen molar-refractivity contribution in [3.8, 4) is 6.07 Å². The molecule has 0 aromatic heterocycles. The van der Waals surface area contributed by atoms with Crippen molar-refractivity contribution in [2.24, 2.45) is 5.92 Å². The SMILES string of the molecule is N#Cc1cc(NC(=O)C2CC(=O)N(c3ccccc3F)C2)ccc1Cl. The number of hydrogen-bond donors (Lipinski definition) is 1. The predicted octanol–water partition coefficient (Wildman–Crippen LogP) is 3.34. The number of nitrogens with zero attached hydrogens (tertiary/aromatic N) is 2. The second kappa shape index (κ2) is 6.91. The highest BCUT2D eigenvalue weighted by Gasteiger charge is 2.36. The van der Waals surface area contributed by atoms with Crippen molar-refractivity contribution >= 4 is 34.8 Å². The Morgan fingerprint density at radius 2 is 2.08 bits per heavy atom. The summed E-state index contributed by atoms with van der Waals surface area (Å²) in [5.41, 5.74) is 0.832. The molecule has 2 aromatic carbocycles. The summed E-state index contributed by atoms with van der Waals surface area (Å²) in [4.78, 5) is 25.8. The number of carbonyl (C=O) groups is 2. The topological polar surface area (TPSA) is 73.2 Å². The van der Waals surface area contributed by atoms with Gasteiger partial charge in [0, 0.05) is 18.7 Å². The van der Waals surface area contributed by atoms with Crippen LogP contribution in [0.3, 0.4) is 0 Å². The first-order valence-corrected chi connectivity index (χ1v) is 7.93. The van der Waals surface area contributed by atoms with E-state index in [0.717, 1.165) is 0 Å². The van der Waals surface area contributed by atoms with Crippen LogP contribution in [0.1, 0.15) is 12.0 Å². The van der Waals surface area contributed by atoms with Gasteiger partial charge in [-0.05, 0) is 30.3 Å². The average molecular weight is 358 g/mol. The molecule has 25 heavy (non-hydrogen) atoms. The third kappa shape index (κ3) is 3.47. The fraction of sp³-hybridized carbons (Fsp3) is 0.167. The third-order valence-electron chi connectivity index (χ3n) is 3.99. The molecule has 0 saturated carbocycles. The van der Waals surface area contributed by atoms with Gasteiger partial charge in [0.2, 0.25) is 11.8 Å². The van der Waals surface area contributed by atoms with Crippen LogP contribution in [0.2, 0.25) is 5.02 Å².